The van der Waals surface area contributed by atoms with Gasteiger partial charge in [-0.05, 0) is 61.5 Å². The number of nitrogens with zero attached hydrogens (tertiary/aromatic N) is 1. The molecule has 3 aromatic rings. The number of carbonyl (C=O) groups is 4. The minimum atomic E-state index is -1.04. The van der Waals surface area contributed by atoms with Crippen LogP contribution in [0.15, 0.2) is 70.7 Å². The van der Waals surface area contributed by atoms with E-state index in [0.29, 0.717) is 23.7 Å². The summed E-state index contributed by atoms with van der Waals surface area (Å²) >= 11 is 0. The van der Waals surface area contributed by atoms with Crippen molar-refractivity contribution < 1.29 is 33.4 Å². The summed E-state index contributed by atoms with van der Waals surface area (Å²) in [5.41, 5.74) is 0.759. The first-order valence-electron chi connectivity index (χ1n) is 9.95. The minimum Gasteiger partial charge on any atom is -0.494 e. The fourth-order valence-electron chi connectivity index (χ4n) is 3.25. The van der Waals surface area contributed by atoms with Crippen LogP contribution in [0.1, 0.15) is 23.0 Å². The molecule has 4 amide bonds. The molecule has 1 aliphatic rings. The molecular weight excluding hydrogens is 428 g/mol. The van der Waals surface area contributed by atoms with Gasteiger partial charge in [0.1, 0.15) is 22.8 Å². The Labute approximate surface area is 187 Å². The van der Waals surface area contributed by atoms with Crippen molar-refractivity contribution in [2.75, 3.05) is 11.5 Å². The van der Waals surface area contributed by atoms with Crippen LogP contribution in [0.3, 0.4) is 0 Å². The van der Waals surface area contributed by atoms with Crippen molar-refractivity contribution in [2.24, 2.45) is 0 Å². The summed E-state index contributed by atoms with van der Waals surface area (Å²) in [5.74, 6) is -1.46. The summed E-state index contributed by atoms with van der Waals surface area (Å²) in [6.07, 6.45) is 1.25. The van der Waals surface area contributed by atoms with Gasteiger partial charge in [0.15, 0.2) is 0 Å². The number of anilines is 1. The smallest absolute Gasteiger partial charge is 0.335 e. The normalized spacial score (nSPS) is 15.0. The fourth-order valence-corrected chi connectivity index (χ4v) is 3.25. The van der Waals surface area contributed by atoms with Crippen LogP contribution in [-0.4, -0.2) is 35.5 Å². The number of rotatable bonds is 6. The molecule has 9 nitrogen and oxygen atoms in total. The minimum absolute atomic E-state index is 0.135. The number of benzene rings is 2. The zero-order chi connectivity index (χ0) is 23.5. The van der Waals surface area contributed by atoms with E-state index in [0.717, 1.165) is 4.90 Å². The first kappa shape index (κ1) is 21.6. The lowest BCUT2D eigenvalue weighted by atomic mass is 10.1. The Morgan fingerprint density at radius 1 is 1.03 bits per heavy atom. The van der Waals surface area contributed by atoms with Gasteiger partial charge in [0.25, 0.3) is 11.8 Å². The zero-order valence-corrected chi connectivity index (χ0v) is 17.4. The fraction of sp³-hybridized carbons (Fsp3) is 0.0833. The van der Waals surface area contributed by atoms with Crippen LogP contribution in [0, 0.1) is 0 Å². The number of ether oxygens (including phenoxy) is 1. The maximum absolute atomic E-state index is 13.0. The highest BCUT2D eigenvalue weighted by atomic mass is 16.5. The highest BCUT2D eigenvalue weighted by molar-refractivity contribution is 6.39. The molecule has 1 aromatic heterocycles. The van der Waals surface area contributed by atoms with Gasteiger partial charge in [-0.2, -0.15) is 0 Å². The molecule has 2 aromatic carbocycles. The number of hydrogen-bond donors (Lipinski definition) is 2. The van der Waals surface area contributed by atoms with Crippen LogP contribution in [0.4, 0.5) is 10.5 Å². The first-order valence-corrected chi connectivity index (χ1v) is 9.95. The monoisotopic (exact) mass is 446 g/mol. The van der Waals surface area contributed by atoms with Crippen LogP contribution in [-0.2, 0) is 9.59 Å². The molecule has 2 heterocycles. The first-order chi connectivity index (χ1) is 15.9. The van der Waals surface area contributed by atoms with Gasteiger partial charge in [-0.25, -0.2) is 14.5 Å². The molecule has 0 bridgehead atoms. The zero-order valence-electron chi connectivity index (χ0n) is 17.4. The van der Waals surface area contributed by atoms with E-state index in [1.54, 1.807) is 48.5 Å². The van der Waals surface area contributed by atoms with Crippen LogP contribution in [0.2, 0.25) is 0 Å². The van der Waals surface area contributed by atoms with Gasteiger partial charge < -0.3 is 14.3 Å². The van der Waals surface area contributed by atoms with Gasteiger partial charge >= 0.3 is 12.0 Å². The Bertz CT molecular complexity index is 1270. The molecule has 166 valence electrons. The van der Waals surface area contributed by atoms with Crippen LogP contribution in [0.25, 0.3) is 17.4 Å². The average Bonchev–Trinajstić information content (AvgIpc) is 3.27. The molecule has 1 fully saturated rings. The van der Waals surface area contributed by atoms with E-state index < -0.39 is 23.8 Å². The molecule has 0 unspecified atom stereocenters. The summed E-state index contributed by atoms with van der Waals surface area (Å²) < 4.78 is 11.1. The summed E-state index contributed by atoms with van der Waals surface area (Å²) in [5, 5.41) is 11.2. The molecule has 0 aliphatic carbocycles. The molecule has 0 saturated carbocycles. The maximum atomic E-state index is 13.0. The van der Waals surface area contributed by atoms with Crippen molar-refractivity contribution >= 4 is 35.6 Å². The highest BCUT2D eigenvalue weighted by Crippen LogP contribution is 2.27. The predicted molar refractivity (Wildman–Crippen MR) is 118 cm³/mol. The summed E-state index contributed by atoms with van der Waals surface area (Å²) in [4.78, 5) is 49.5. The highest BCUT2D eigenvalue weighted by Gasteiger charge is 2.37. The lowest BCUT2D eigenvalue weighted by molar-refractivity contribution is -0.122. The Kier molecular flexibility index (Phi) is 5.77. The van der Waals surface area contributed by atoms with Gasteiger partial charge in [-0.1, -0.05) is 12.1 Å². The van der Waals surface area contributed by atoms with Crippen molar-refractivity contribution in [2.45, 2.75) is 6.92 Å². The third-order valence-electron chi connectivity index (χ3n) is 4.84. The molecular formula is C24H18N2O7. The third-order valence-corrected chi connectivity index (χ3v) is 4.84. The van der Waals surface area contributed by atoms with Crippen LogP contribution >= 0.6 is 0 Å². The number of barbiturate groups is 1. The molecule has 0 atom stereocenters. The maximum Gasteiger partial charge on any atom is 0.335 e. The molecule has 2 N–H and O–H groups in total. The SMILES string of the molecule is CCOc1ccc(N2C(=O)NC(=O)/C(=C\c3ccc(-c4ccc(C(=O)O)cc4)o3)C2=O)cc1. The molecule has 33 heavy (non-hydrogen) atoms. The van der Waals surface area contributed by atoms with Crippen molar-refractivity contribution in [3.05, 3.63) is 77.6 Å². The third kappa shape index (κ3) is 4.38. The molecule has 9 heteroatoms. The van der Waals surface area contributed by atoms with Gasteiger partial charge in [0.2, 0.25) is 0 Å². The number of carboxylic acid groups (broad SMARTS) is 1. The Hall–Kier alpha value is -4.66. The van der Waals surface area contributed by atoms with Gasteiger partial charge in [-0.3, -0.25) is 14.9 Å². The number of aromatic carboxylic acids is 1. The van der Waals surface area contributed by atoms with E-state index in [2.05, 4.69) is 5.32 Å². The van der Waals surface area contributed by atoms with Crippen molar-refractivity contribution in [3.8, 4) is 17.1 Å². The number of carbonyl (C=O) groups excluding carboxylic acids is 3. The Balaban J connectivity index is 1.60. The molecule has 0 radical (unpaired) electrons. The van der Waals surface area contributed by atoms with E-state index >= 15 is 0 Å². The second-order valence-electron chi connectivity index (χ2n) is 6.97. The van der Waals surface area contributed by atoms with E-state index in [9.17, 15) is 19.2 Å². The van der Waals surface area contributed by atoms with Crippen molar-refractivity contribution in [3.63, 3.8) is 0 Å². The number of nitrogens with one attached hydrogen (secondary N) is 1. The van der Waals surface area contributed by atoms with Gasteiger partial charge in [0.05, 0.1) is 17.9 Å². The average molecular weight is 446 g/mol. The second kappa shape index (κ2) is 8.83. The topological polar surface area (TPSA) is 126 Å². The van der Waals surface area contributed by atoms with Gasteiger partial charge in [-0.15, -0.1) is 0 Å². The van der Waals surface area contributed by atoms with E-state index in [1.807, 2.05) is 6.92 Å². The Morgan fingerprint density at radius 3 is 2.36 bits per heavy atom. The number of imide groups is 2. The quantitative estimate of drug-likeness (QED) is 0.437. The van der Waals surface area contributed by atoms with E-state index in [-0.39, 0.29) is 22.6 Å². The van der Waals surface area contributed by atoms with Crippen molar-refractivity contribution in [1.29, 1.82) is 0 Å². The molecule has 4 rings (SSSR count). The largest absolute Gasteiger partial charge is 0.494 e. The summed E-state index contributed by atoms with van der Waals surface area (Å²) in [6, 6.07) is 14.7. The molecule has 1 aliphatic heterocycles. The lowest BCUT2D eigenvalue weighted by Crippen LogP contribution is -2.54. The lowest BCUT2D eigenvalue weighted by Gasteiger charge is -2.26. The van der Waals surface area contributed by atoms with E-state index in [1.165, 1.54) is 18.2 Å². The number of furan rings is 1. The molecule has 1 saturated heterocycles. The van der Waals surface area contributed by atoms with Crippen molar-refractivity contribution in [1.82, 2.24) is 5.32 Å². The number of hydrogen-bond acceptors (Lipinski definition) is 6. The number of amides is 4. The number of carboxylic acids is 1. The Morgan fingerprint density at radius 2 is 1.73 bits per heavy atom. The van der Waals surface area contributed by atoms with E-state index in [4.69, 9.17) is 14.3 Å². The predicted octanol–water partition coefficient (Wildman–Crippen LogP) is 3.71. The number of urea groups is 1. The standard InChI is InChI=1S/C24H18N2O7/c1-2-32-17-9-7-16(8-10-17)26-22(28)19(21(27)25-24(26)31)13-18-11-12-20(33-18)14-3-5-15(6-4-14)23(29)30/h3-13H,2H2,1H3,(H,29,30)(H,25,27,31)/b19-13+. The molecule has 0 spiro atoms. The second-order valence-corrected chi connectivity index (χ2v) is 6.97. The van der Waals surface area contributed by atoms with Crippen LogP contribution in [0.5, 0.6) is 5.75 Å². The van der Waals surface area contributed by atoms with Crippen LogP contribution < -0.4 is 15.0 Å². The summed E-state index contributed by atoms with van der Waals surface area (Å²) in [6.45, 7) is 2.31. The summed E-state index contributed by atoms with van der Waals surface area (Å²) in [7, 11) is 0. The van der Waals surface area contributed by atoms with Gasteiger partial charge in [0, 0.05) is 5.56 Å².